The van der Waals surface area contributed by atoms with E-state index in [1.807, 2.05) is 79.7 Å². The molecular formula is C41H36BrN3O5S. The van der Waals surface area contributed by atoms with E-state index in [-0.39, 0.29) is 11.6 Å². The maximum absolute atomic E-state index is 13.6. The number of ether oxygens (including phenoxy) is 1. The second kappa shape index (κ2) is 18.5. The van der Waals surface area contributed by atoms with Crippen molar-refractivity contribution in [2.45, 2.75) is 29.9 Å². The minimum Gasteiger partial charge on any atom is -0.462 e. The molecule has 0 aromatic heterocycles. The van der Waals surface area contributed by atoms with Crippen molar-refractivity contribution in [3.05, 3.63) is 166 Å². The SMILES string of the molecule is CCCCOC(=O)c1ccc(NC(=O)C(Sc2ccc(NC(=O)/C(=C/c3cccc(Br)c3)NC(=O)c3ccccc3)cc2)c2ccccc2)cc1. The van der Waals surface area contributed by atoms with Crippen LogP contribution in [0.4, 0.5) is 11.4 Å². The van der Waals surface area contributed by atoms with E-state index in [4.69, 9.17) is 4.74 Å². The summed E-state index contributed by atoms with van der Waals surface area (Å²) >= 11 is 4.81. The molecule has 3 N–H and O–H groups in total. The summed E-state index contributed by atoms with van der Waals surface area (Å²) in [7, 11) is 0. The van der Waals surface area contributed by atoms with Gasteiger partial charge < -0.3 is 20.7 Å². The Morgan fingerprint density at radius 2 is 1.39 bits per heavy atom. The monoisotopic (exact) mass is 761 g/mol. The van der Waals surface area contributed by atoms with Crippen molar-refractivity contribution >= 4 is 68.8 Å². The topological polar surface area (TPSA) is 114 Å². The van der Waals surface area contributed by atoms with Crippen molar-refractivity contribution in [2.24, 2.45) is 0 Å². The Hall–Kier alpha value is -5.45. The number of carbonyl (C=O) groups excluding carboxylic acids is 4. The molecule has 258 valence electrons. The van der Waals surface area contributed by atoms with E-state index < -0.39 is 23.0 Å². The van der Waals surface area contributed by atoms with Crippen molar-refractivity contribution < 1.29 is 23.9 Å². The fourth-order valence-electron chi connectivity index (χ4n) is 4.85. The molecule has 1 unspecified atom stereocenters. The highest BCUT2D eigenvalue weighted by molar-refractivity contribution is 9.10. The van der Waals surface area contributed by atoms with Gasteiger partial charge in [0.25, 0.3) is 11.8 Å². The van der Waals surface area contributed by atoms with Gasteiger partial charge in [-0.15, -0.1) is 11.8 Å². The molecule has 0 bridgehead atoms. The van der Waals surface area contributed by atoms with Gasteiger partial charge in [-0.2, -0.15) is 0 Å². The number of halogens is 1. The number of unbranched alkanes of at least 4 members (excludes halogenated alkanes) is 1. The lowest BCUT2D eigenvalue weighted by atomic mass is 10.1. The van der Waals surface area contributed by atoms with Crippen molar-refractivity contribution in [3.63, 3.8) is 0 Å². The number of benzene rings is 5. The van der Waals surface area contributed by atoms with E-state index in [0.717, 1.165) is 33.3 Å². The van der Waals surface area contributed by atoms with Gasteiger partial charge in [0, 0.05) is 26.3 Å². The van der Waals surface area contributed by atoms with Crippen molar-refractivity contribution in [1.29, 1.82) is 0 Å². The highest BCUT2D eigenvalue weighted by atomic mass is 79.9. The molecule has 0 aliphatic rings. The molecular weight excluding hydrogens is 726 g/mol. The van der Waals surface area contributed by atoms with E-state index in [1.54, 1.807) is 66.7 Å². The predicted molar refractivity (Wildman–Crippen MR) is 206 cm³/mol. The number of nitrogens with one attached hydrogen (secondary N) is 3. The third kappa shape index (κ3) is 11.0. The van der Waals surface area contributed by atoms with Crippen LogP contribution in [0, 0.1) is 0 Å². The summed E-state index contributed by atoms with van der Waals surface area (Å²) in [5.41, 5.74) is 3.50. The van der Waals surface area contributed by atoms with Gasteiger partial charge in [-0.25, -0.2) is 4.79 Å². The summed E-state index contributed by atoms with van der Waals surface area (Å²) in [6, 6.07) is 39.2. The average molecular weight is 763 g/mol. The molecule has 8 nitrogen and oxygen atoms in total. The van der Waals surface area contributed by atoms with Crippen molar-refractivity contribution in [1.82, 2.24) is 5.32 Å². The summed E-state index contributed by atoms with van der Waals surface area (Å²) in [5.74, 6) is -1.54. The number of amides is 3. The van der Waals surface area contributed by atoms with Gasteiger partial charge in [-0.05, 0) is 96.4 Å². The van der Waals surface area contributed by atoms with Crippen LogP contribution in [-0.4, -0.2) is 30.3 Å². The number of carbonyl (C=O) groups is 4. The first-order chi connectivity index (χ1) is 24.8. The van der Waals surface area contributed by atoms with E-state index in [0.29, 0.717) is 29.1 Å². The molecule has 0 saturated carbocycles. The van der Waals surface area contributed by atoms with Gasteiger partial charge in [0.1, 0.15) is 10.9 Å². The van der Waals surface area contributed by atoms with Crippen LogP contribution in [0.15, 0.2) is 149 Å². The zero-order valence-electron chi connectivity index (χ0n) is 27.8. The fourth-order valence-corrected chi connectivity index (χ4v) is 6.29. The van der Waals surface area contributed by atoms with Crippen LogP contribution in [0.3, 0.4) is 0 Å². The van der Waals surface area contributed by atoms with Crippen LogP contribution in [0.2, 0.25) is 0 Å². The summed E-state index contributed by atoms with van der Waals surface area (Å²) in [5, 5.41) is 7.99. The van der Waals surface area contributed by atoms with E-state index in [2.05, 4.69) is 31.9 Å². The Kier molecular flexibility index (Phi) is 13.4. The first-order valence-corrected chi connectivity index (χ1v) is 18.0. The Morgan fingerprint density at radius 1 is 0.745 bits per heavy atom. The molecule has 0 aliphatic heterocycles. The van der Waals surface area contributed by atoms with Crippen LogP contribution in [0.5, 0.6) is 0 Å². The maximum Gasteiger partial charge on any atom is 0.338 e. The number of thioether (sulfide) groups is 1. The molecule has 5 rings (SSSR count). The number of rotatable bonds is 14. The summed E-state index contributed by atoms with van der Waals surface area (Å²) in [6.45, 7) is 2.40. The highest BCUT2D eigenvalue weighted by Crippen LogP contribution is 2.37. The Labute approximate surface area is 309 Å². The molecule has 51 heavy (non-hydrogen) atoms. The minimum atomic E-state index is -0.599. The lowest BCUT2D eigenvalue weighted by Crippen LogP contribution is -2.30. The molecule has 0 spiro atoms. The molecule has 0 heterocycles. The first kappa shape index (κ1) is 36.8. The first-order valence-electron chi connectivity index (χ1n) is 16.3. The van der Waals surface area contributed by atoms with Gasteiger partial charge in [0.05, 0.1) is 12.2 Å². The standard InChI is InChI=1S/C41H36BrN3O5S/c1-2-3-25-50-41(49)31-17-19-33(20-18-31)44-40(48)37(29-12-6-4-7-13-29)51-35-23-21-34(22-24-35)43-39(47)36(27-28-11-10-16-32(42)26-28)45-38(46)30-14-8-5-9-15-30/h4-24,26-27,37H,2-3,25H2,1H3,(H,43,47)(H,44,48)(H,45,46)/b36-27-. The zero-order chi connectivity index (χ0) is 36.0. The molecule has 0 aliphatic carbocycles. The Balaban J connectivity index is 1.28. The number of hydrogen-bond donors (Lipinski definition) is 3. The van der Waals surface area contributed by atoms with E-state index >= 15 is 0 Å². The van der Waals surface area contributed by atoms with Crippen LogP contribution >= 0.6 is 27.7 Å². The predicted octanol–water partition coefficient (Wildman–Crippen LogP) is 9.29. The normalized spacial score (nSPS) is 11.6. The minimum absolute atomic E-state index is 0.0719. The second-order valence-corrected chi connectivity index (χ2v) is 13.5. The third-order valence-electron chi connectivity index (χ3n) is 7.51. The maximum atomic E-state index is 13.6. The molecule has 10 heteroatoms. The van der Waals surface area contributed by atoms with E-state index in [9.17, 15) is 19.2 Å². The summed E-state index contributed by atoms with van der Waals surface area (Å²) in [6.07, 6.45) is 3.35. The third-order valence-corrected chi connectivity index (χ3v) is 9.27. The molecule has 0 fully saturated rings. The van der Waals surface area contributed by atoms with Crippen LogP contribution in [0.1, 0.15) is 56.9 Å². The lowest BCUT2D eigenvalue weighted by molar-refractivity contribution is -0.116. The van der Waals surface area contributed by atoms with E-state index in [1.165, 1.54) is 11.8 Å². The van der Waals surface area contributed by atoms with Crippen molar-refractivity contribution in [2.75, 3.05) is 17.2 Å². The quantitative estimate of drug-likeness (QED) is 0.0450. The van der Waals surface area contributed by atoms with Gasteiger partial charge in [0.2, 0.25) is 5.91 Å². The lowest BCUT2D eigenvalue weighted by Gasteiger charge is -2.18. The average Bonchev–Trinajstić information content (AvgIpc) is 3.15. The molecule has 5 aromatic carbocycles. The van der Waals surface area contributed by atoms with Crippen LogP contribution in [0.25, 0.3) is 6.08 Å². The summed E-state index contributed by atoms with van der Waals surface area (Å²) in [4.78, 5) is 53.2. The van der Waals surface area contributed by atoms with Crippen LogP contribution in [-0.2, 0) is 14.3 Å². The van der Waals surface area contributed by atoms with Gasteiger partial charge in [-0.3, -0.25) is 14.4 Å². The number of hydrogen-bond acceptors (Lipinski definition) is 6. The molecule has 0 radical (unpaired) electrons. The summed E-state index contributed by atoms with van der Waals surface area (Å²) < 4.78 is 6.11. The Morgan fingerprint density at radius 3 is 2.06 bits per heavy atom. The molecule has 1 atom stereocenters. The highest BCUT2D eigenvalue weighted by Gasteiger charge is 2.23. The number of anilines is 2. The number of esters is 1. The zero-order valence-corrected chi connectivity index (χ0v) is 30.2. The molecule has 0 saturated heterocycles. The largest absolute Gasteiger partial charge is 0.462 e. The van der Waals surface area contributed by atoms with Gasteiger partial charge in [0.15, 0.2) is 0 Å². The Bertz CT molecular complexity index is 1990. The van der Waals surface area contributed by atoms with Gasteiger partial charge >= 0.3 is 5.97 Å². The van der Waals surface area contributed by atoms with Gasteiger partial charge in [-0.1, -0.05) is 89.9 Å². The van der Waals surface area contributed by atoms with Crippen molar-refractivity contribution in [3.8, 4) is 0 Å². The smallest absolute Gasteiger partial charge is 0.338 e. The molecule has 3 amide bonds. The second-order valence-electron chi connectivity index (χ2n) is 11.4. The van der Waals surface area contributed by atoms with Crippen LogP contribution < -0.4 is 16.0 Å². The fraction of sp³-hybridized carbons (Fsp3) is 0.122. The molecule has 5 aromatic rings.